The van der Waals surface area contributed by atoms with Crippen LogP contribution in [-0.4, -0.2) is 46.0 Å². The first kappa shape index (κ1) is 25.7. The van der Waals surface area contributed by atoms with Crippen molar-refractivity contribution >= 4 is 48.4 Å². The van der Waals surface area contributed by atoms with Gasteiger partial charge in [0.1, 0.15) is 5.69 Å². The maximum absolute atomic E-state index is 13.4. The van der Waals surface area contributed by atoms with Gasteiger partial charge in [-0.15, -0.1) is 0 Å². The van der Waals surface area contributed by atoms with Crippen molar-refractivity contribution in [3.63, 3.8) is 0 Å². The molecular weight excluding hydrogens is 483 g/mol. The molecule has 182 valence electrons. The molecule has 2 aromatic rings. The van der Waals surface area contributed by atoms with Gasteiger partial charge in [-0.05, 0) is 25.5 Å². The first-order valence-electron chi connectivity index (χ1n) is 10.3. The highest BCUT2D eigenvalue weighted by Crippen LogP contribution is 2.42. The first-order valence-corrected chi connectivity index (χ1v) is 11.4. The van der Waals surface area contributed by atoms with Crippen LogP contribution in [0.15, 0.2) is 53.6 Å². The number of carbonyl (C=O) groups is 3. The van der Waals surface area contributed by atoms with Crippen molar-refractivity contribution in [2.24, 2.45) is 11.0 Å². The Morgan fingerprint density at radius 1 is 1.03 bits per heavy atom. The molecule has 0 bridgehead atoms. The molecule has 13 nitrogen and oxygen atoms in total. The number of non-ortho nitro benzene ring substituents is 1. The predicted molar refractivity (Wildman–Crippen MR) is 124 cm³/mol. The van der Waals surface area contributed by atoms with Crippen molar-refractivity contribution in [1.29, 1.82) is 0 Å². The molecule has 1 aliphatic heterocycles. The minimum Gasteiger partial charge on any atom is -0.329 e. The lowest BCUT2D eigenvalue weighted by Gasteiger charge is -2.16. The maximum atomic E-state index is 13.4. The van der Waals surface area contributed by atoms with Crippen LogP contribution in [0.25, 0.3) is 0 Å². The van der Waals surface area contributed by atoms with Gasteiger partial charge in [0.25, 0.3) is 25.5 Å². The quantitative estimate of drug-likeness (QED) is 0.147. The largest absolute Gasteiger partial charge is 0.329 e. The van der Waals surface area contributed by atoms with Crippen LogP contribution in [0.4, 0.5) is 17.1 Å². The molecule has 0 fully saturated rings. The molecule has 1 unspecified atom stereocenters. The van der Waals surface area contributed by atoms with E-state index in [0.717, 1.165) is 12.1 Å². The molecule has 1 atom stereocenters. The number of hydrazone groups is 1. The van der Waals surface area contributed by atoms with E-state index in [1.54, 1.807) is 44.2 Å². The molecule has 0 saturated carbocycles. The molecule has 0 saturated heterocycles. The van der Waals surface area contributed by atoms with Gasteiger partial charge in [-0.25, -0.2) is 0 Å². The van der Waals surface area contributed by atoms with Crippen LogP contribution < -0.4 is 5.01 Å². The summed E-state index contributed by atoms with van der Waals surface area (Å²) in [6.07, 6.45) is 0. The van der Waals surface area contributed by atoms with E-state index in [2.05, 4.69) is 5.10 Å². The van der Waals surface area contributed by atoms with Crippen LogP contribution in [0.2, 0.25) is 0 Å². The van der Waals surface area contributed by atoms with Crippen LogP contribution in [-0.2, 0) is 23.4 Å². The molecule has 1 amide bonds. The Morgan fingerprint density at radius 3 is 2.20 bits per heavy atom. The predicted octanol–water partition coefficient (Wildman–Crippen LogP) is 3.35. The fourth-order valence-corrected chi connectivity index (χ4v) is 4.34. The Kier molecular flexibility index (Phi) is 8.07. The van der Waals surface area contributed by atoms with Crippen molar-refractivity contribution < 1.29 is 33.3 Å². The van der Waals surface area contributed by atoms with Crippen molar-refractivity contribution in [1.82, 2.24) is 0 Å². The third-order valence-corrected chi connectivity index (χ3v) is 6.27. The van der Waals surface area contributed by atoms with E-state index < -0.39 is 58.4 Å². The Morgan fingerprint density at radius 2 is 1.66 bits per heavy atom. The molecule has 14 heteroatoms. The second-order valence-corrected chi connectivity index (χ2v) is 8.32. The highest BCUT2D eigenvalue weighted by molar-refractivity contribution is 7.69. The first-order chi connectivity index (χ1) is 16.7. The molecule has 0 spiro atoms. The van der Waals surface area contributed by atoms with E-state index in [-0.39, 0.29) is 18.9 Å². The minimum absolute atomic E-state index is 0.0874. The molecule has 0 radical (unpaired) electrons. The highest BCUT2D eigenvalue weighted by atomic mass is 31.2. The van der Waals surface area contributed by atoms with Gasteiger partial charge in [-0.3, -0.25) is 34.6 Å². The van der Waals surface area contributed by atoms with Gasteiger partial charge in [-0.2, -0.15) is 10.1 Å². The zero-order valence-corrected chi connectivity index (χ0v) is 19.4. The SMILES string of the molecule is CCOP(OCC)C(=O)C(=O)C1C(=O)N(c2ccc([N+](=O)[O-])cc2[N+](=O)[O-])N=C1c1ccccc1. The zero-order valence-electron chi connectivity index (χ0n) is 18.5. The highest BCUT2D eigenvalue weighted by Gasteiger charge is 2.48. The summed E-state index contributed by atoms with van der Waals surface area (Å²) in [6, 6.07) is 10.7. The van der Waals surface area contributed by atoms with Gasteiger partial charge in [0.15, 0.2) is 5.92 Å². The molecule has 2 aromatic carbocycles. The lowest BCUT2D eigenvalue weighted by Crippen LogP contribution is -2.37. The Bertz CT molecular complexity index is 1210. The van der Waals surface area contributed by atoms with Crippen molar-refractivity contribution in [2.75, 3.05) is 18.2 Å². The summed E-state index contributed by atoms with van der Waals surface area (Å²) in [6.45, 7) is 3.40. The molecule has 0 N–H and O–H groups in total. The number of hydrogen-bond acceptors (Lipinski definition) is 10. The second kappa shape index (κ2) is 11.0. The molecule has 35 heavy (non-hydrogen) atoms. The number of anilines is 1. The van der Waals surface area contributed by atoms with Crippen LogP contribution >= 0.6 is 8.38 Å². The summed E-state index contributed by atoms with van der Waals surface area (Å²) in [4.78, 5) is 60.4. The van der Waals surface area contributed by atoms with Gasteiger partial charge < -0.3 is 9.05 Å². The third-order valence-electron chi connectivity index (χ3n) is 4.73. The molecule has 3 rings (SSSR count). The summed E-state index contributed by atoms with van der Waals surface area (Å²) in [5.41, 5.74) is -2.56. The fraction of sp³-hybridized carbons (Fsp3) is 0.238. The van der Waals surface area contributed by atoms with Crippen molar-refractivity contribution in [3.8, 4) is 0 Å². The number of nitro benzene ring substituents is 2. The van der Waals surface area contributed by atoms with Crippen LogP contribution in [0.3, 0.4) is 0 Å². The normalized spacial score (nSPS) is 15.3. The third kappa shape index (κ3) is 5.27. The van der Waals surface area contributed by atoms with Crippen molar-refractivity contribution in [3.05, 3.63) is 74.3 Å². The number of ketones is 1. The summed E-state index contributed by atoms with van der Waals surface area (Å²) < 4.78 is 10.5. The van der Waals surface area contributed by atoms with Crippen LogP contribution in [0.1, 0.15) is 19.4 Å². The molecular formula is C21H19N4O9P. The zero-order chi connectivity index (χ0) is 25.7. The van der Waals surface area contributed by atoms with Gasteiger partial charge in [0.2, 0.25) is 5.78 Å². The number of amides is 1. The average Bonchev–Trinajstić information content (AvgIpc) is 3.19. The fourth-order valence-electron chi connectivity index (χ4n) is 3.25. The van der Waals surface area contributed by atoms with Gasteiger partial charge in [0, 0.05) is 6.07 Å². The standard InChI is InChI=1S/C21H19N4O9P/c1-3-33-35(34-4-2)21(28)19(26)17-18(13-8-6-5-7-9-13)22-23(20(17)27)15-11-10-14(24(29)30)12-16(15)25(31)32/h5-12,17H,3-4H2,1-2H3. The molecule has 1 aliphatic rings. The van der Waals surface area contributed by atoms with Gasteiger partial charge >= 0.3 is 5.69 Å². The maximum Gasteiger partial charge on any atom is 0.301 e. The Balaban J connectivity index is 2.11. The van der Waals surface area contributed by atoms with Gasteiger partial charge in [0.05, 0.1) is 34.8 Å². The number of hydrogen-bond donors (Lipinski definition) is 0. The topological polar surface area (TPSA) is 172 Å². The summed E-state index contributed by atoms with van der Waals surface area (Å²) in [5, 5.41) is 27.4. The monoisotopic (exact) mass is 502 g/mol. The average molecular weight is 502 g/mol. The minimum atomic E-state index is -2.28. The summed E-state index contributed by atoms with van der Waals surface area (Å²) in [7, 11) is -2.28. The smallest absolute Gasteiger partial charge is 0.301 e. The molecule has 1 heterocycles. The van der Waals surface area contributed by atoms with E-state index in [9.17, 15) is 34.6 Å². The Hall–Kier alpha value is -3.93. The molecule has 0 aliphatic carbocycles. The van der Waals surface area contributed by atoms with E-state index in [1.165, 1.54) is 0 Å². The van der Waals surface area contributed by atoms with E-state index in [4.69, 9.17) is 9.05 Å². The number of rotatable bonds is 11. The number of nitrogens with zero attached hydrogens (tertiary/aromatic N) is 4. The molecule has 0 aromatic heterocycles. The lowest BCUT2D eigenvalue weighted by atomic mass is 9.93. The lowest BCUT2D eigenvalue weighted by molar-refractivity contribution is -0.393. The van der Waals surface area contributed by atoms with E-state index in [1.807, 2.05) is 0 Å². The number of carbonyl (C=O) groups excluding carboxylic acids is 3. The van der Waals surface area contributed by atoms with Crippen LogP contribution in [0.5, 0.6) is 0 Å². The Labute approximate surface area is 199 Å². The van der Waals surface area contributed by atoms with E-state index >= 15 is 0 Å². The summed E-state index contributed by atoms with van der Waals surface area (Å²) in [5.74, 6) is -3.88. The number of benzene rings is 2. The number of Topliss-reactive ketones (excluding diaryl/α,β-unsaturated/α-hetero) is 1. The van der Waals surface area contributed by atoms with Crippen LogP contribution in [0, 0.1) is 26.1 Å². The van der Waals surface area contributed by atoms with Crippen molar-refractivity contribution in [2.45, 2.75) is 13.8 Å². The van der Waals surface area contributed by atoms with Gasteiger partial charge in [-0.1, -0.05) is 30.3 Å². The second-order valence-electron chi connectivity index (χ2n) is 6.88. The number of nitro groups is 2. The summed E-state index contributed by atoms with van der Waals surface area (Å²) >= 11 is 0. The van der Waals surface area contributed by atoms with E-state index in [0.29, 0.717) is 16.6 Å².